The van der Waals surface area contributed by atoms with Gasteiger partial charge in [0.1, 0.15) is 11.6 Å². The molecule has 2 aromatic heterocycles. The number of anilines is 3. The minimum atomic E-state index is 0.0195. The van der Waals surface area contributed by atoms with Crippen molar-refractivity contribution in [2.75, 3.05) is 16.8 Å². The molecule has 3 aromatic rings. The number of Topliss-reactive ketones (excluding diaryl/α,β-unsaturated/α-hetero) is 1. The number of nitrogens with one attached hydrogen (secondary N) is 1. The molecule has 0 amide bonds. The molecule has 6 nitrogen and oxygen atoms in total. The molecular weight excluding hydrogens is 376 g/mol. The number of piperidine rings is 1. The maximum absolute atomic E-state index is 13.2. The van der Waals surface area contributed by atoms with Crippen LogP contribution in [0.15, 0.2) is 53.1 Å². The van der Waals surface area contributed by atoms with Crippen LogP contribution >= 0.6 is 0 Å². The Hall–Kier alpha value is -3.15. The summed E-state index contributed by atoms with van der Waals surface area (Å²) in [7, 11) is 0. The topological polar surface area (TPSA) is 71.3 Å². The highest BCUT2D eigenvalue weighted by Crippen LogP contribution is 2.37. The van der Waals surface area contributed by atoms with Gasteiger partial charge in [0.2, 0.25) is 5.95 Å². The molecule has 3 heterocycles. The molecule has 2 unspecified atom stereocenters. The van der Waals surface area contributed by atoms with Gasteiger partial charge in [-0.25, -0.2) is 4.98 Å². The van der Waals surface area contributed by atoms with Gasteiger partial charge < -0.3 is 14.6 Å². The number of benzene rings is 1. The molecule has 1 saturated heterocycles. The van der Waals surface area contributed by atoms with E-state index in [-0.39, 0.29) is 11.7 Å². The minimum Gasteiger partial charge on any atom is -0.469 e. The summed E-state index contributed by atoms with van der Waals surface area (Å²) in [6.07, 6.45) is 6.26. The molecule has 6 heteroatoms. The van der Waals surface area contributed by atoms with Crippen LogP contribution in [-0.4, -0.2) is 28.3 Å². The Balaban J connectivity index is 1.58. The molecule has 1 fully saturated rings. The minimum absolute atomic E-state index is 0.0195. The first-order chi connectivity index (χ1) is 14.7. The van der Waals surface area contributed by atoms with Crippen molar-refractivity contribution in [1.82, 2.24) is 9.97 Å². The number of fused-ring (bicyclic) bond motifs is 1. The molecule has 154 valence electrons. The normalized spacial score (nSPS) is 21.4. The van der Waals surface area contributed by atoms with E-state index in [1.807, 2.05) is 42.5 Å². The van der Waals surface area contributed by atoms with Crippen LogP contribution in [0.1, 0.15) is 60.3 Å². The van der Waals surface area contributed by atoms with Gasteiger partial charge in [-0.3, -0.25) is 4.79 Å². The number of carbonyl (C=O) groups is 1. The Kier molecular flexibility index (Phi) is 4.99. The van der Waals surface area contributed by atoms with E-state index in [4.69, 9.17) is 14.4 Å². The van der Waals surface area contributed by atoms with E-state index >= 15 is 0 Å². The zero-order valence-electron chi connectivity index (χ0n) is 17.2. The van der Waals surface area contributed by atoms with Gasteiger partial charge >= 0.3 is 0 Å². The van der Waals surface area contributed by atoms with Gasteiger partial charge in [0, 0.05) is 37.0 Å². The molecule has 1 N–H and O–H groups in total. The Morgan fingerprint density at radius 3 is 2.70 bits per heavy atom. The van der Waals surface area contributed by atoms with E-state index in [9.17, 15) is 4.79 Å². The lowest BCUT2D eigenvalue weighted by molar-refractivity contribution is 0.0959. The van der Waals surface area contributed by atoms with Crippen LogP contribution in [0.5, 0.6) is 0 Å². The third kappa shape index (κ3) is 3.58. The molecule has 1 aromatic carbocycles. The van der Waals surface area contributed by atoms with Gasteiger partial charge in [0.05, 0.1) is 17.5 Å². The third-order valence-electron chi connectivity index (χ3n) is 6.16. The lowest BCUT2D eigenvalue weighted by Gasteiger charge is -2.34. The molecule has 0 spiro atoms. The first-order valence-corrected chi connectivity index (χ1v) is 10.8. The molecule has 1 aliphatic heterocycles. The maximum atomic E-state index is 13.2. The zero-order chi connectivity index (χ0) is 20.5. The Bertz CT molecular complexity index is 1030. The van der Waals surface area contributed by atoms with Crippen LogP contribution in [0.25, 0.3) is 0 Å². The molecular formula is C24H26N4O2. The molecule has 2 aliphatic rings. The second-order valence-corrected chi connectivity index (χ2v) is 8.27. The summed E-state index contributed by atoms with van der Waals surface area (Å²) in [4.78, 5) is 25.2. The van der Waals surface area contributed by atoms with Crippen LogP contribution in [0.4, 0.5) is 17.5 Å². The van der Waals surface area contributed by atoms with Crippen molar-refractivity contribution >= 4 is 23.2 Å². The summed E-state index contributed by atoms with van der Waals surface area (Å²) in [5.74, 6) is 2.26. The first-order valence-electron chi connectivity index (χ1n) is 10.8. The number of ketones is 1. The Morgan fingerprint density at radius 1 is 1.07 bits per heavy atom. The summed E-state index contributed by atoms with van der Waals surface area (Å²) < 4.78 is 5.60. The second kappa shape index (κ2) is 7.94. The van der Waals surface area contributed by atoms with E-state index < -0.39 is 0 Å². The highest BCUT2D eigenvalue weighted by atomic mass is 16.3. The summed E-state index contributed by atoms with van der Waals surface area (Å²) in [5, 5.41) is 3.38. The molecule has 0 radical (unpaired) electrons. The highest BCUT2D eigenvalue weighted by molar-refractivity contribution is 6.03. The fourth-order valence-electron chi connectivity index (χ4n) is 4.56. The van der Waals surface area contributed by atoms with Crippen molar-refractivity contribution in [3.05, 3.63) is 65.7 Å². The van der Waals surface area contributed by atoms with Gasteiger partial charge in [0.15, 0.2) is 5.78 Å². The predicted molar refractivity (Wildman–Crippen MR) is 117 cm³/mol. The number of rotatable bonds is 4. The first kappa shape index (κ1) is 18.9. The van der Waals surface area contributed by atoms with Crippen LogP contribution in [0.3, 0.4) is 0 Å². The lowest BCUT2D eigenvalue weighted by Crippen LogP contribution is -2.39. The number of hydrogen-bond donors (Lipinski definition) is 1. The third-order valence-corrected chi connectivity index (χ3v) is 6.16. The van der Waals surface area contributed by atoms with Crippen molar-refractivity contribution in [2.24, 2.45) is 0 Å². The Labute approximate surface area is 176 Å². The Morgan fingerprint density at radius 2 is 1.93 bits per heavy atom. The van der Waals surface area contributed by atoms with Gasteiger partial charge in [-0.1, -0.05) is 18.2 Å². The molecule has 5 rings (SSSR count). The SMILES string of the molecule is CC1CCCCN1c1nc2c(c(Nc3ccccc3)n1)C(=O)CC(c1ccco1)C2. The molecule has 2 atom stereocenters. The van der Waals surface area contributed by atoms with E-state index in [0.717, 1.165) is 36.5 Å². The average Bonchev–Trinajstić information content (AvgIpc) is 3.29. The van der Waals surface area contributed by atoms with Crippen molar-refractivity contribution in [1.29, 1.82) is 0 Å². The zero-order valence-corrected chi connectivity index (χ0v) is 17.2. The summed E-state index contributed by atoms with van der Waals surface area (Å²) in [6, 6.07) is 14.1. The molecule has 0 bridgehead atoms. The van der Waals surface area contributed by atoms with Crippen molar-refractivity contribution < 1.29 is 9.21 Å². The monoisotopic (exact) mass is 402 g/mol. The summed E-state index contributed by atoms with van der Waals surface area (Å²) >= 11 is 0. The summed E-state index contributed by atoms with van der Waals surface area (Å²) in [6.45, 7) is 3.17. The fraction of sp³-hybridized carbons (Fsp3) is 0.375. The van der Waals surface area contributed by atoms with E-state index in [1.54, 1.807) is 6.26 Å². The van der Waals surface area contributed by atoms with Gasteiger partial charge in [-0.2, -0.15) is 4.98 Å². The number of furan rings is 1. The maximum Gasteiger partial charge on any atom is 0.227 e. The summed E-state index contributed by atoms with van der Waals surface area (Å²) in [5.41, 5.74) is 2.35. The standard InChI is InChI=1S/C24H26N4O2/c1-16-8-5-6-12-28(16)24-26-19-14-17(21-11-7-13-30-21)15-20(29)22(19)23(27-24)25-18-9-3-2-4-10-18/h2-4,7,9-11,13,16-17H,5-6,8,12,14-15H2,1H3,(H,25,26,27). The smallest absolute Gasteiger partial charge is 0.227 e. The quantitative estimate of drug-likeness (QED) is 0.654. The van der Waals surface area contributed by atoms with E-state index in [0.29, 0.717) is 36.2 Å². The van der Waals surface area contributed by atoms with Crippen molar-refractivity contribution in [3.63, 3.8) is 0 Å². The van der Waals surface area contributed by atoms with Crippen LogP contribution in [0, 0.1) is 0 Å². The molecule has 1 aliphatic carbocycles. The number of para-hydroxylation sites is 1. The second-order valence-electron chi connectivity index (χ2n) is 8.27. The largest absolute Gasteiger partial charge is 0.469 e. The van der Waals surface area contributed by atoms with Gasteiger partial charge in [-0.15, -0.1) is 0 Å². The molecule has 30 heavy (non-hydrogen) atoms. The van der Waals surface area contributed by atoms with E-state index in [1.165, 1.54) is 6.42 Å². The predicted octanol–water partition coefficient (Wildman–Crippen LogP) is 5.10. The van der Waals surface area contributed by atoms with E-state index in [2.05, 4.69) is 17.1 Å². The van der Waals surface area contributed by atoms with Crippen LogP contribution in [0.2, 0.25) is 0 Å². The fourth-order valence-corrected chi connectivity index (χ4v) is 4.56. The van der Waals surface area contributed by atoms with Crippen LogP contribution < -0.4 is 10.2 Å². The number of hydrogen-bond acceptors (Lipinski definition) is 6. The van der Waals surface area contributed by atoms with Gasteiger partial charge in [-0.05, 0) is 50.5 Å². The number of nitrogens with zero attached hydrogens (tertiary/aromatic N) is 3. The van der Waals surface area contributed by atoms with Crippen LogP contribution in [-0.2, 0) is 6.42 Å². The van der Waals surface area contributed by atoms with Crippen molar-refractivity contribution in [2.45, 2.75) is 51.0 Å². The van der Waals surface area contributed by atoms with Gasteiger partial charge in [0.25, 0.3) is 0 Å². The van der Waals surface area contributed by atoms with Crippen molar-refractivity contribution in [3.8, 4) is 0 Å². The number of carbonyl (C=O) groups excluding carboxylic acids is 1. The molecule has 0 saturated carbocycles. The number of aromatic nitrogens is 2. The average molecular weight is 402 g/mol. The highest BCUT2D eigenvalue weighted by Gasteiger charge is 2.33. The lowest BCUT2D eigenvalue weighted by atomic mass is 9.84.